The van der Waals surface area contributed by atoms with Gasteiger partial charge in [-0.1, -0.05) is 17.7 Å². The minimum Gasteiger partial charge on any atom is -0.368 e. The number of benzene rings is 1. The fourth-order valence-electron chi connectivity index (χ4n) is 2.24. The summed E-state index contributed by atoms with van der Waals surface area (Å²) in [6.07, 6.45) is 1.42. The van der Waals surface area contributed by atoms with Crippen LogP contribution in [0.4, 0.5) is 5.69 Å². The van der Waals surface area contributed by atoms with Crippen molar-refractivity contribution in [1.82, 2.24) is 5.32 Å². The summed E-state index contributed by atoms with van der Waals surface area (Å²) in [5, 5.41) is 6.18. The fourth-order valence-corrected chi connectivity index (χ4v) is 2.24. The molecule has 2 N–H and O–H groups in total. The molecule has 1 aliphatic heterocycles. The maximum absolute atomic E-state index is 12.3. The summed E-state index contributed by atoms with van der Waals surface area (Å²) < 4.78 is 5.48. The number of methoxy groups -OCH3 is 1. The normalized spacial score (nSPS) is 17.4. The molecule has 2 rings (SSSR count). The SMILES string of the molecule is COC1(C(=O)Nc2ccc(C)cc2)CCNCC1.Cl. The predicted molar refractivity (Wildman–Crippen MR) is 78.9 cm³/mol. The van der Waals surface area contributed by atoms with Gasteiger partial charge in [-0.15, -0.1) is 12.4 Å². The summed E-state index contributed by atoms with van der Waals surface area (Å²) in [6, 6.07) is 7.80. The van der Waals surface area contributed by atoms with Crippen LogP contribution >= 0.6 is 12.4 Å². The Kier molecular flexibility index (Phi) is 5.79. The van der Waals surface area contributed by atoms with Crippen molar-refractivity contribution in [2.45, 2.75) is 25.4 Å². The van der Waals surface area contributed by atoms with Crippen molar-refractivity contribution in [3.63, 3.8) is 0 Å². The topological polar surface area (TPSA) is 50.4 Å². The van der Waals surface area contributed by atoms with E-state index in [2.05, 4.69) is 10.6 Å². The first-order valence-corrected chi connectivity index (χ1v) is 6.30. The Bertz CT molecular complexity index is 414. The molecule has 0 aromatic heterocycles. The number of ether oxygens (including phenoxy) is 1. The molecule has 0 unspecified atom stereocenters. The highest BCUT2D eigenvalue weighted by atomic mass is 35.5. The van der Waals surface area contributed by atoms with Gasteiger partial charge < -0.3 is 15.4 Å². The van der Waals surface area contributed by atoms with E-state index in [0.29, 0.717) is 12.8 Å². The molecular weight excluding hydrogens is 264 g/mol. The van der Waals surface area contributed by atoms with Crippen LogP contribution in [0.25, 0.3) is 0 Å². The van der Waals surface area contributed by atoms with Crippen molar-refractivity contribution in [2.24, 2.45) is 0 Å². The van der Waals surface area contributed by atoms with Gasteiger partial charge in [0, 0.05) is 12.8 Å². The van der Waals surface area contributed by atoms with Crippen LogP contribution in [-0.4, -0.2) is 31.7 Å². The Hall–Kier alpha value is -1.10. The van der Waals surface area contributed by atoms with Crippen molar-refractivity contribution in [2.75, 3.05) is 25.5 Å². The summed E-state index contributed by atoms with van der Waals surface area (Å²) in [5.41, 5.74) is 1.31. The summed E-state index contributed by atoms with van der Waals surface area (Å²) in [6.45, 7) is 3.65. The van der Waals surface area contributed by atoms with Crippen LogP contribution in [0.3, 0.4) is 0 Å². The Morgan fingerprint density at radius 1 is 1.26 bits per heavy atom. The molecule has 0 spiro atoms. The summed E-state index contributed by atoms with van der Waals surface area (Å²) >= 11 is 0. The number of carbonyl (C=O) groups excluding carboxylic acids is 1. The maximum atomic E-state index is 12.3. The Morgan fingerprint density at radius 2 is 1.84 bits per heavy atom. The van der Waals surface area contributed by atoms with E-state index in [1.807, 2.05) is 31.2 Å². The van der Waals surface area contributed by atoms with E-state index in [9.17, 15) is 4.79 Å². The Labute approximate surface area is 120 Å². The minimum absolute atomic E-state index is 0. The Morgan fingerprint density at radius 3 is 2.37 bits per heavy atom. The van der Waals surface area contributed by atoms with Crippen LogP contribution in [-0.2, 0) is 9.53 Å². The molecule has 106 valence electrons. The van der Waals surface area contributed by atoms with E-state index in [4.69, 9.17) is 4.74 Å². The van der Waals surface area contributed by atoms with Crippen molar-refractivity contribution >= 4 is 24.0 Å². The third-order valence-corrected chi connectivity index (χ3v) is 3.53. The molecule has 1 aromatic carbocycles. The quantitative estimate of drug-likeness (QED) is 0.894. The molecule has 1 aliphatic rings. The van der Waals surface area contributed by atoms with Crippen LogP contribution in [0, 0.1) is 6.92 Å². The molecule has 0 saturated carbocycles. The highest BCUT2D eigenvalue weighted by Gasteiger charge is 2.39. The number of piperidine rings is 1. The van der Waals surface area contributed by atoms with E-state index in [1.54, 1.807) is 7.11 Å². The number of anilines is 1. The number of halogens is 1. The molecule has 0 radical (unpaired) electrons. The maximum Gasteiger partial charge on any atom is 0.256 e. The van der Waals surface area contributed by atoms with Crippen LogP contribution < -0.4 is 10.6 Å². The van der Waals surface area contributed by atoms with Crippen molar-refractivity contribution in [1.29, 1.82) is 0 Å². The average Bonchev–Trinajstić information content (AvgIpc) is 2.42. The van der Waals surface area contributed by atoms with E-state index < -0.39 is 5.60 Å². The number of amides is 1. The lowest BCUT2D eigenvalue weighted by molar-refractivity contribution is -0.140. The number of aryl methyl sites for hydroxylation is 1. The zero-order chi connectivity index (χ0) is 13.0. The van der Waals surface area contributed by atoms with Gasteiger partial charge in [-0.2, -0.15) is 0 Å². The molecule has 19 heavy (non-hydrogen) atoms. The molecule has 1 aromatic rings. The van der Waals surface area contributed by atoms with Gasteiger partial charge in [-0.3, -0.25) is 4.79 Å². The van der Waals surface area contributed by atoms with Gasteiger partial charge in [0.15, 0.2) is 0 Å². The van der Waals surface area contributed by atoms with E-state index >= 15 is 0 Å². The van der Waals surface area contributed by atoms with Gasteiger partial charge in [0.1, 0.15) is 5.60 Å². The zero-order valence-corrected chi connectivity index (χ0v) is 12.2. The number of nitrogens with one attached hydrogen (secondary N) is 2. The second kappa shape index (κ2) is 6.89. The van der Waals surface area contributed by atoms with E-state index in [0.717, 1.165) is 18.8 Å². The summed E-state index contributed by atoms with van der Waals surface area (Å²) in [5.74, 6) is -0.0460. The van der Waals surface area contributed by atoms with Gasteiger partial charge in [0.2, 0.25) is 0 Å². The first-order valence-electron chi connectivity index (χ1n) is 6.30. The molecule has 1 saturated heterocycles. The highest BCUT2D eigenvalue weighted by molar-refractivity contribution is 5.97. The van der Waals surface area contributed by atoms with Gasteiger partial charge in [0.25, 0.3) is 5.91 Å². The van der Waals surface area contributed by atoms with Gasteiger partial charge in [0.05, 0.1) is 0 Å². The fraction of sp³-hybridized carbons (Fsp3) is 0.500. The first kappa shape index (κ1) is 16.0. The van der Waals surface area contributed by atoms with Gasteiger partial charge in [-0.05, 0) is 45.0 Å². The molecule has 1 fully saturated rings. The van der Waals surface area contributed by atoms with Crippen molar-refractivity contribution in [3.05, 3.63) is 29.8 Å². The zero-order valence-electron chi connectivity index (χ0n) is 11.4. The monoisotopic (exact) mass is 284 g/mol. The predicted octanol–water partition coefficient (Wildman–Crippen LogP) is 2.12. The number of hydrogen-bond acceptors (Lipinski definition) is 3. The lowest BCUT2D eigenvalue weighted by Gasteiger charge is -2.34. The first-order chi connectivity index (χ1) is 8.66. The molecule has 0 bridgehead atoms. The molecule has 0 atom stereocenters. The van der Waals surface area contributed by atoms with Gasteiger partial charge in [-0.25, -0.2) is 0 Å². The Balaban J connectivity index is 0.00000180. The lowest BCUT2D eigenvalue weighted by Crippen LogP contribution is -2.51. The van der Waals surface area contributed by atoms with Gasteiger partial charge >= 0.3 is 0 Å². The van der Waals surface area contributed by atoms with Crippen LogP contribution in [0.2, 0.25) is 0 Å². The van der Waals surface area contributed by atoms with Crippen molar-refractivity contribution < 1.29 is 9.53 Å². The molecule has 5 heteroatoms. The largest absolute Gasteiger partial charge is 0.368 e. The van der Waals surface area contributed by atoms with Crippen LogP contribution in [0.1, 0.15) is 18.4 Å². The third kappa shape index (κ3) is 3.69. The number of hydrogen-bond donors (Lipinski definition) is 2. The molecule has 1 amide bonds. The highest BCUT2D eigenvalue weighted by Crippen LogP contribution is 2.24. The molecule has 1 heterocycles. The summed E-state index contributed by atoms with van der Waals surface area (Å²) in [4.78, 5) is 12.3. The molecule has 0 aliphatic carbocycles. The smallest absolute Gasteiger partial charge is 0.256 e. The molecular formula is C14H21ClN2O2. The second-order valence-electron chi connectivity index (χ2n) is 4.77. The van der Waals surface area contributed by atoms with E-state index in [1.165, 1.54) is 5.56 Å². The third-order valence-electron chi connectivity index (χ3n) is 3.53. The van der Waals surface area contributed by atoms with Crippen molar-refractivity contribution in [3.8, 4) is 0 Å². The van der Waals surface area contributed by atoms with Crippen LogP contribution in [0.15, 0.2) is 24.3 Å². The lowest BCUT2D eigenvalue weighted by atomic mass is 9.91. The standard InChI is InChI=1S/C14H20N2O2.ClH/c1-11-3-5-12(6-4-11)16-13(17)14(18-2)7-9-15-10-8-14;/h3-6,15H,7-10H2,1-2H3,(H,16,17);1H. The number of rotatable bonds is 3. The average molecular weight is 285 g/mol. The second-order valence-corrected chi connectivity index (χ2v) is 4.77. The molecule has 4 nitrogen and oxygen atoms in total. The van der Waals surface area contributed by atoms with E-state index in [-0.39, 0.29) is 18.3 Å². The van der Waals surface area contributed by atoms with Crippen LogP contribution in [0.5, 0.6) is 0 Å². The minimum atomic E-state index is -0.684. The number of carbonyl (C=O) groups is 1. The summed E-state index contributed by atoms with van der Waals surface area (Å²) in [7, 11) is 1.61.